The Balaban J connectivity index is 1.84. The molecule has 1 aliphatic rings. The number of piperidine rings is 1. The summed E-state index contributed by atoms with van der Waals surface area (Å²) < 4.78 is 5.97. The Morgan fingerprint density at radius 3 is 2.96 bits per heavy atom. The molecule has 128 valence electrons. The van der Waals surface area contributed by atoms with Crippen LogP contribution >= 0.6 is 0 Å². The van der Waals surface area contributed by atoms with Crippen molar-refractivity contribution in [3.05, 3.63) is 30.1 Å². The highest BCUT2D eigenvalue weighted by Crippen LogP contribution is 2.18. The molecule has 1 saturated heterocycles. The van der Waals surface area contributed by atoms with Crippen molar-refractivity contribution in [2.75, 3.05) is 13.1 Å². The van der Waals surface area contributed by atoms with Gasteiger partial charge in [0.2, 0.25) is 0 Å². The molecule has 1 fully saturated rings. The van der Waals surface area contributed by atoms with Crippen molar-refractivity contribution in [1.82, 2.24) is 15.2 Å². The second kappa shape index (κ2) is 7.77. The van der Waals surface area contributed by atoms with Gasteiger partial charge in [0, 0.05) is 31.0 Å². The zero-order valence-electron chi connectivity index (χ0n) is 14.7. The minimum absolute atomic E-state index is 0.0124. The molecule has 1 unspecified atom stereocenters. The second-order valence-electron chi connectivity index (χ2n) is 7.19. The quantitative estimate of drug-likeness (QED) is 0.906. The summed E-state index contributed by atoms with van der Waals surface area (Å²) in [7, 11) is 0. The molecule has 5 heteroatoms. The number of urea groups is 1. The molecule has 2 amide bonds. The lowest BCUT2D eigenvalue weighted by molar-refractivity contribution is -0.00133. The first-order valence-corrected chi connectivity index (χ1v) is 8.46. The van der Waals surface area contributed by atoms with Gasteiger partial charge in [-0.25, -0.2) is 4.79 Å². The van der Waals surface area contributed by atoms with Crippen LogP contribution in [0.2, 0.25) is 0 Å². The van der Waals surface area contributed by atoms with E-state index in [-0.39, 0.29) is 17.7 Å². The SMILES string of the molecule is CC(C)C(C)(C)NC(=O)N1CCCC(OCc2cccnc2)C1. The molecule has 1 aromatic rings. The maximum atomic E-state index is 12.5. The predicted molar refractivity (Wildman–Crippen MR) is 91.1 cm³/mol. The number of carbonyl (C=O) groups excluding carboxylic acids is 1. The number of likely N-dealkylation sites (tertiary alicyclic amines) is 1. The van der Waals surface area contributed by atoms with E-state index >= 15 is 0 Å². The third-order valence-corrected chi connectivity index (χ3v) is 4.75. The van der Waals surface area contributed by atoms with Crippen LogP contribution in [0.25, 0.3) is 0 Å². The Hall–Kier alpha value is -1.62. The number of amides is 2. The zero-order valence-corrected chi connectivity index (χ0v) is 14.7. The van der Waals surface area contributed by atoms with Gasteiger partial charge in [-0.2, -0.15) is 0 Å². The van der Waals surface area contributed by atoms with Crippen LogP contribution in [0.15, 0.2) is 24.5 Å². The average Bonchev–Trinajstić information content (AvgIpc) is 2.53. The van der Waals surface area contributed by atoms with Gasteiger partial charge in [-0.15, -0.1) is 0 Å². The largest absolute Gasteiger partial charge is 0.372 e. The molecule has 1 atom stereocenters. The van der Waals surface area contributed by atoms with E-state index < -0.39 is 0 Å². The van der Waals surface area contributed by atoms with E-state index in [0.29, 0.717) is 19.1 Å². The lowest BCUT2D eigenvalue weighted by Gasteiger charge is -2.37. The Bertz CT molecular complexity index is 502. The fourth-order valence-corrected chi connectivity index (χ4v) is 2.46. The normalized spacial score (nSPS) is 19.0. The van der Waals surface area contributed by atoms with Crippen molar-refractivity contribution in [3.8, 4) is 0 Å². The number of nitrogens with zero attached hydrogens (tertiary/aromatic N) is 2. The molecule has 1 N–H and O–H groups in total. The van der Waals surface area contributed by atoms with Crippen LogP contribution in [-0.4, -0.2) is 40.6 Å². The molecule has 0 radical (unpaired) electrons. The molecule has 1 aromatic heterocycles. The maximum absolute atomic E-state index is 12.5. The predicted octanol–water partition coefficient (Wildman–Crippen LogP) is 3.21. The van der Waals surface area contributed by atoms with Crippen LogP contribution in [-0.2, 0) is 11.3 Å². The van der Waals surface area contributed by atoms with Gasteiger partial charge >= 0.3 is 6.03 Å². The first kappa shape index (κ1) is 17.7. The summed E-state index contributed by atoms with van der Waals surface area (Å²) >= 11 is 0. The Morgan fingerprint density at radius 1 is 1.52 bits per heavy atom. The number of hydrogen-bond acceptors (Lipinski definition) is 3. The number of rotatable bonds is 5. The van der Waals surface area contributed by atoms with E-state index in [1.165, 1.54) is 0 Å². The van der Waals surface area contributed by atoms with Crippen molar-refractivity contribution >= 4 is 6.03 Å². The molecule has 0 saturated carbocycles. The summed E-state index contributed by atoms with van der Waals surface area (Å²) in [4.78, 5) is 18.5. The van der Waals surface area contributed by atoms with Crippen LogP contribution < -0.4 is 5.32 Å². The first-order valence-electron chi connectivity index (χ1n) is 8.46. The van der Waals surface area contributed by atoms with Crippen molar-refractivity contribution in [2.24, 2.45) is 5.92 Å². The Morgan fingerprint density at radius 2 is 2.30 bits per heavy atom. The topological polar surface area (TPSA) is 54.5 Å². The van der Waals surface area contributed by atoms with Crippen LogP contribution in [0.4, 0.5) is 4.79 Å². The number of aromatic nitrogens is 1. The van der Waals surface area contributed by atoms with Crippen molar-refractivity contribution in [2.45, 2.75) is 58.8 Å². The van der Waals surface area contributed by atoms with Crippen LogP contribution in [0, 0.1) is 5.92 Å². The Labute approximate surface area is 139 Å². The lowest BCUT2D eigenvalue weighted by atomic mass is 9.91. The summed E-state index contributed by atoms with van der Waals surface area (Å²) in [5, 5.41) is 3.14. The van der Waals surface area contributed by atoms with Crippen molar-refractivity contribution < 1.29 is 9.53 Å². The zero-order chi connectivity index (χ0) is 16.9. The highest BCUT2D eigenvalue weighted by molar-refractivity contribution is 5.75. The smallest absolute Gasteiger partial charge is 0.317 e. The standard InChI is InChI=1S/C18H29N3O2/c1-14(2)18(3,4)20-17(22)21-10-6-8-16(12-21)23-13-15-7-5-9-19-11-15/h5,7,9,11,14,16H,6,8,10,12-13H2,1-4H3,(H,20,22). The number of ether oxygens (including phenoxy) is 1. The second-order valence-corrected chi connectivity index (χ2v) is 7.19. The monoisotopic (exact) mass is 319 g/mol. The summed E-state index contributed by atoms with van der Waals surface area (Å²) in [6.07, 6.45) is 5.65. The first-order chi connectivity index (χ1) is 10.9. The fraction of sp³-hybridized carbons (Fsp3) is 0.667. The minimum Gasteiger partial charge on any atom is -0.372 e. The number of hydrogen-bond donors (Lipinski definition) is 1. The highest BCUT2D eigenvalue weighted by Gasteiger charge is 2.29. The van der Waals surface area contributed by atoms with Crippen LogP contribution in [0.1, 0.15) is 46.1 Å². The molecular weight excluding hydrogens is 290 g/mol. The van der Waals surface area contributed by atoms with Gasteiger partial charge in [0.25, 0.3) is 0 Å². The molecule has 2 rings (SSSR count). The molecule has 1 aliphatic heterocycles. The molecule has 0 spiro atoms. The number of nitrogens with one attached hydrogen (secondary N) is 1. The average molecular weight is 319 g/mol. The van der Waals surface area contributed by atoms with E-state index in [1.54, 1.807) is 6.20 Å². The van der Waals surface area contributed by atoms with Gasteiger partial charge in [0.15, 0.2) is 0 Å². The molecule has 0 aliphatic carbocycles. The van der Waals surface area contributed by atoms with E-state index in [9.17, 15) is 4.79 Å². The fourth-order valence-electron chi connectivity index (χ4n) is 2.46. The summed E-state index contributed by atoms with van der Waals surface area (Å²) in [6, 6.07) is 3.93. The van der Waals surface area contributed by atoms with Gasteiger partial charge < -0.3 is 15.0 Å². The van der Waals surface area contributed by atoms with E-state index in [4.69, 9.17) is 4.74 Å². The summed E-state index contributed by atoms with van der Waals surface area (Å²) in [5.74, 6) is 0.383. The molecule has 0 bridgehead atoms. The van der Waals surface area contributed by atoms with Gasteiger partial charge in [-0.1, -0.05) is 19.9 Å². The maximum Gasteiger partial charge on any atom is 0.317 e. The minimum atomic E-state index is -0.208. The number of pyridine rings is 1. The van der Waals surface area contributed by atoms with E-state index in [0.717, 1.165) is 24.9 Å². The van der Waals surface area contributed by atoms with Crippen LogP contribution in [0.3, 0.4) is 0 Å². The summed E-state index contributed by atoms with van der Waals surface area (Å²) in [6.45, 7) is 10.4. The molecule has 0 aromatic carbocycles. The molecule has 23 heavy (non-hydrogen) atoms. The van der Waals surface area contributed by atoms with Gasteiger partial charge in [-0.3, -0.25) is 4.98 Å². The molecule has 5 nitrogen and oxygen atoms in total. The highest BCUT2D eigenvalue weighted by atomic mass is 16.5. The molecular formula is C18H29N3O2. The van der Waals surface area contributed by atoms with E-state index in [1.807, 2.05) is 23.2 Å². The molecule has 2 heterocycles. The van der Waals surface area contributed by atoms with Crippen molar-refractivity contribution in [3.63, 3.8) is 0 Å². The van der Waals surface area contributed by atoms with Gasteiger partial charge in [-0.05, 0) is 44.2 Å². The Kier molecular flexibility index (Phi) is 5.99. The van der Waals surface area contributed by atoms with Crippen molar-refractivity contribution in [1.29, 1.82) is 0 Å². The summed E-state index contributed by atoms with van der Waals surface area (Å²) in [5.41, 5.74) is 0.857. The van der Waals surface area contributed by atoms with Gasteiger partial charge in [0.1, 0.15) is 0 Å². The van der Waals surface area contributed by atoms with Gasteiger partial charge in [0.05, 0.1) is 12.7 Å². The lowest BCUT2D eigenvalue weighted by Crippen LogP contribution is -2.55. The van der Waals surface area contributed by atoms with E-state index in [2.05, 4.69) is 38.0 Å². The third kappa shape index (κ3) is 5.20. The number of carbonyl (C=O) groups is 1. The third-order valence-electron chi connectivity index (χ3n) is 4.75. The van der Waals surface area contributed by atoms with Crippen LogP contribution in [0.5, 0.6) is 0 Å².